The molecule has 0 N–H and O–H groups in total. The minimum absolute atomic E-state index is 0.118. The summed E-state index contributed by atoms with van der Waals surface area (Å²) in [5.74, 6) is -0.118. The van der Waals surface area contributed by atoms with Gasteiger partial charge in [-0.05, 0) is 36.8 Å². The van der Waals surface area contributed by atoms with Gasteiger partial charge in [0.1, 0.15) is 6.07 Å². The average Bonchev–Trinajstić information content (AvgIpc) is 2.56. The van der Waals surface area contributed by atoms with Gasteiger partial charge in [-0.3, -0.25) is 4.79 Å². The van der Waals surface area contributed by atoms with E-state index in [2.05, 4.69) is 6.92 Å². The molecule has 0 saturated carbocycles. The van der Waals surface area contributed by atoms with Gasteiger partial charge in [0, 0.05) is 17.8 Å². The summed E-state index contributed by atoms with van der Waals surface area (Å²) in [5, 5.41) is 9.42. The van der Waals surface area contributed by atoms with Gasteiger partial charge in [-0.15, -0.1) is 0 Å². The first kappa shape index (κ1) is 16.1. The Morgan fingerprint density at radius 1 is 1.23 bits per heavy atom. The Balaban J connectivity index is 2.35. The predicted molar refractivity (Wildman–Crippen MR) is 89.2 cm³/mol. The van der Waals surface area contributed by atoms with Crippen LogP contribution < -0.4 is 4.90 Å². The first-order chi connectivity index (χ1) is 10.7. The van der Waals surface area contributed by atoms with E-state index in [1.165, 1.54) is 0 Å². The number of nitriles is 1. The molecule has 2 rings (SSSR count). The molecule has 0 unspecified atom stereocenters. The molecule has 2 aromatic carbocycles. The van der Waals surface area contributed by atoms with Crippen molar-refractivity contribution >= 4 is 23.2 Å². The van der Waals surface area contributed by atoms with Gasteiger partial charge in [-0.25, -0.2) is 0 Å². The lowest BCUT2D eigenvalue weighted by atomic mass is 10.1. The maximum Gasteiger partial charge on any atom is 0.258 e. The first-order valence-electron chi connectivity index (χ1n) is 7.24. The van der Waals surface area contributed by atoms with Crippen molar-refractivity contribution in [2.45, 2.75) is 19.8 Å². The van der Waals surface area contributed by atoms with Gasteiger partial charge in [-0.2, -0.15) is 5.26 Å². The molecular formula is C18H17ClN2O. The molecule has 2 aromatic rings. The van der Waals surface area contributed by atoms with Gasteiger partial charge in [0.15, 0.2) is 0 Å². The number of nitrogens with zero attached hydrogens (tertiary/aromatic N) is 2. The lowest BCUT2D eigenvalue weighted by Gasteiger charge is -2.23. The van der Waals surface area contributed by atoms with Crippen molar-refractivity contribution in [1.82, 2.24) is 0 Å². The molecule has 1 amide bonds. The molecule has 0 aromatic heterocycles. The van der Waals surface area contributed by atoms with Crippen LogP contribution in [0.25, 0.3) is 0 Å². The Morgan fingerprint density at radius 2 is 1.95 bits per heavy atom. The predicted octanol–water partition coefficient (Wildman–Crippen LogP) is 4.66. The minimum atomic E-state index is -0.118. The third-order valence-corrected chi connectivity index (χ3v) is 3.71. The normalized spacial score (nSPS) is 10.0. The number of hydrogen-bond donors (Lipinski definition) is 0. The fraction of sp³-hybridized carbons (Fsp3) is 0.222. The molecule has 0 aliphatic heterocycles. The summed E-state index contributed by atoms with van der Waals surface area (Å²) in [6.45, 7) is 2.73. The molecule has 0 aliphatic rings. The average molecular weight is 313 g/mol. The number of hydrogen-bond acceptors (Lipinski definition) is 2. The molecule has 0 spiro atoms. The third kappa shape index (κ3) is 3.66. The van der Waals surface area contributed by atoms with Crippen molar-refractivity contribution in [3.63, 3.8) is 0 Å². The lowest BCUT2D eigenvalue weighted by molar-refractivity contribution is 0.0986. The highest BCUT2D eigenvalue weighted by molar-refractivity contribution is 6.31. The molecule has 0 heterocycles. The van der Waals surface area contributed by atoms with Crippen LogP contribution in [-0.4, -0.2) is 12.5 Å². The highest BCUT2D eigenvalue weighted by Crippen LogP contribution is 2.21. The van der Waals surface area contributed by atoms with Crippen LogP contribution in [0.1, 0.15) is 35.7 Å². The summed E-state index contributed by atoms with van der Waals surface area (Å²) in [7, 11) is 0. The fourth-order valence-electron chi connectivity index (χ4n) is 2.17. The van der Waals surface area contributed by atoms with Crippen LogP contribution in [0.3, 0.4) is 0 Å². The number of amides is 1. The Kier molecular flexibility index (Phi) is 5.57. The number of carbonyl (C=O) groups excluding carboxylic acids is 1. The van der Waals surface area contributed by atoms with Crippen LogP contribution in [-0.2, 0) is 0 Å². The van der Waals surface area contributed by atoms with E-state index < -0.39 is 0 Å². The largest absolute Gasteiger partial charge is 0.308 e. The number of para-hydroxylation sites is 1. The van der Waals surface area contributed by atoms with Crippen LogP contribution in [0.2, 0.25) is 5.02 Å². The zero-order valence-electron chi connectivity index (χ0n) is 12.4. The van der Waals surface area contributed by atoms with E-state index in [0.717, 1.165) is 18.5 Å². The van der Waals surface area contributed by atoms with Crippen LogP contribution in [0.15, 0.2) is 48.5 Å². The minimum Gasteiger partial charge on any atom is -0.308 e. The standard InChI is InChI=1S/C18H17ClN2O/c1-2-3-11-21(16-7-5-4-6-8-16)18(22)14-9-10-17(19)15(12-14)13-20/h4-10,12H,2-3,11H2,1H3. The van der Waals surface area contributed by atoms with Gasteiger partial charge in [0.2, 0.25) is 0 Å². The molecule has 0 atom stereocenters. The summed E-state index contributed by atoms with van der Waals surface area (Å²) < 4.78 is 0. The second-order valence-electron chi connectivity index (χ2n) is 4.95. The quantitative estimate of drug-likeness (QED) is 0.806. The molecule has 0 radical (unpaired) electrons. The summed E-state index contributed by atoms with van der Waals surface area (Å²) >= 11 is 5.93. The molecule has 112 valence electrons. The fourth-order valence-corrected chi connectivity index (χ4v) is 2.33. The van der Waals surface area contributed by atoms with E-state index in [1.54, 1.807) is 23.1 Å². The molecule has 0 aliphatic carbocycles. The Hall–Kier alpha value is -2.31. The highest BCUT2D eigenvalue weighted by Gasteiger charge is 2.18. The molecular weight excluding hydrogens is 296 g/mol. The summed E-state index contributed by atoms with van der Waals surface area (Å²) in [4.78, 5) is 14.5. The van der Waals surface area contributed by atoms with Gasteiger partial charge in [-0.1, -0.05) is 43.1 Å². The number of unbranched alkanes of at least 4 members (excludes halogenated alkanes) is 1. The van der Waals surface area contributed by atoms with Gasteiger partial charge < -0.3 is 4.90 Å². The third-order valence-electron chi connectivity index (χ3n) is 3.38. The van der Waals surface area contributed by atoms with Gasteiger partial charge in [0.25, 0.3) is 5.91 Å². The molecule has 0 saturated heterocycles. The second-order valence-corrected chi connectivity index (χ2v) is 5.36. The van der Waals surface area contributed by atoms with Crippen LogP contribution in [0, 0.1) is 11.3 Å². The molecule has 4 heteroatoms. The van der Waals surface area contributed by atoms with Gasteiger partial charge in [0.05, 0.1) is 10.6 Å². The monoisotopic (exact) mass is 312 g/mol. The maximum atomic E-state index is 12.8. The van der Waals surface area contributed by atoms with Crippen LogP contribution >= 0.6 is 11.6 Å². The Bertz CT molecular complexity index is 692. The molecule has 0 bridgehead atoms. The van der Waals surface area contributed by atoms with Crippen molar-refractivity contribution in [2.75, 3.05) is 11.4 Å². The van der Waals surface area contributed by atoms with E-state index in [-0.39, 0.29) is 5.91 Å². The number of carbonyl (C=O) groups is 1. The van der Waals surface area contributed by atoms with Crippen molar-refractivity contribution in [1.29, 1.82) is 5.26 Å². The van der Waals surface area contributed by atoms with Crippen molar-refractivity contribution < 1.29 is 4.79 Å². The summed E-state index contributed by atoms with van der Waals surface area (Å²) in [5.41, 5.74) is 1.64. The zero-order chi connectivity index (χ0) is 15.9. The Morgan fingerprint density at radius 3 is 2.59 bits per heavy atom. The SMILES string of the molecule is CCCCN(C(=O)c1ccc(Cl)c(C#N)c1)c1ccccc1. The van der Waals surface area contributed by atoms with Crippen molar-refractivity contribution in [2.24, 2.45) is 0 Å². The topological polar surface area (TPSA) is 44.1 Å². The van der Waals surface area contributed by atoms with E-state index in [9.17, 15) is 4.79 Å². The Labute approximate surface area is 135 Å². The number of rotatable bonds is 5. The van der Waals surface area contributed by atoms with Gasteiger partial charge >= 0.3 is 0 Å². The van der Waals surface area contributed by atoms with Crippen LogP contribution in [0.5, 0.6) is 0 Å². The maximum absolute atomic E-state index is 12.8. The van der Waals surface area contributed by atoms with Crippen molar-refractivity contribution in [3.8, 4) is 6.07 Å². The van der Waals surface area contributed by atoms with Crippen LogP contribution in [0.4, 0.5) is 5.69 Å². The van der Waals surface area contributed by atoms with E-state index in [0.29, 0.717) is 22.7 Å². The van der Waals surface area contributed by atoms with E-state index in [4.69, 9.17) is 16.9 Å². The molecule has 22 heavy (non-hydrogen) atoms. The zero-order valence-corrected chi connectivity index (χ0v) is 13.2. The van der Waals surface area contributed by atoms with E-state index >= 15 is 0 Å². The second kappa shape index (κ2) is 7.63. The first-order valence-corrected chi connectivity index (χ1v) is 7.61. The molecule has 0 fully saturated rings. The number of anilines is 1. The number of benzene rings is 2. The summed E-state index contributed by atoms with van der Waals surface area (Å²) in [6.07, 6.45) is 1.92. The number of halogens is 1. The molecule has 3 nitrogen and oxygen atoms in total. The van der Waals surface area contributed by atoms with Crippen molar-refractivity contribution in [3.05, 3.63) is 64.7 Å². The van der Waals surface area contributed by atoms with E-state index in [1.807, 2.05) is 36.4 Å². The lowest BCUT2D eigenvalue weighted by Crippen LogP contribution is -2.31. The smallest absolute Gasteiger partial charge is 0.258 e. The summed E-state index contributed by atoms with van der Waals surface area (Å²) in [6, 6.07) is 16.4. The highest BCUT2D eigenvalue weighted by atomic mass is 35.5.